The lowest BCUT2D eigenvalue weighted by atomic mass is 9.99. The van der Waals surface area contributed by atoms with Gasteiger partial charge in [-0.05, 0) is 18.8 Å². The summed E-state index contributed by atoms with van der Waals surface area (Å²) in [7, 11) is 0. The van der Waals surface area contributed by atoms with Crippen molar-refractivity contribution in [1.82, 2.24) is 14.7 Å². The highest BCUT2D eigenvalue weighted by atomic mass is 16.4. The lowest BCUT2D eigenvalue weighted by Crippen LogP contribution is -2.39. The number of amides is 1. The van der Waals surface area contributed by atoms with Crippen LogP contribution >= 0.6 is 0 Å². The molecule has 0 bridgehead atoms. The Balaban J connectivity index is 1.84. The number of rotatable bonds is 6. The first kappa shape index (κ1) is 16.5. The monoisotopic (exact) mass is 307 g/mol. The fourth-order valence-electron chi connectivity index (χ4n) is 3.05. The molecule has 1 atom stereocenters. The zero-order valence-corrected chi connectivity index (χ0v) is 13.4. The molecule has 1 aromatic heterocycles. The lowest BCUT2D eigenvalue weighted by molar-refractivity contribution is -0.133. The van der Waals surface area contributed by atoms with Crippen LogP contribution in [0.3, 0.4) is 0 Å². The Labute approximate surface area is 131 Å². The molecule has 0 aromatic carbocycles. The first-order chi connectivity index (χ1) is 10.5. The van der Waals surface area contributed by atoms with Crippen LogP contribution in [0.4, 0.5) is 0 Å². The molecule has 122 valence electrons. The van der Waals surface area contributed by atoms with Crippen LogP contribution in [0, 0.1) is 5.92 Å². The van der Waals surface area contributed by atoms with E-state index in [2.05, 4.69) is 18.9 Å². The molecule has 0 saturated carbocycles. The van der Waals surface area contributed by atoms with Gasteiger partial charge in [0, 0.05) is 25.7 Å². The van der Waals surface area contributed by atoms with Crippen molar-refractivity contribution in [2.45, 2.75) is 52.0 Å². The lowest BCUT2D eigenvalue weighted by Gasteiger charge is -2.32. The number of carboxylic acids is 1. The van der Waals surface area contributed by atoms with E-state index in [4.69, 9.17) is 5.11 Å². The molecule has 1 amide bonds. The first-order valence-electron chi connectivity index (χ1n) is 8.06. The van der Waals surface area contributed by atoms with Crippen molar-refractivity contribution in [3.63, 3.8) is 0 Å². The average Bonchev–Trinajstić information content (AvgIpc) is 2.97. The van der Waals surface area contributed by atoms with Crippen LogP contribution in [0.25, 0.3) is 0 Å². The molecule has 2 heterocycles. The number of piperidine rings is 1. The number of nitrogens with zero attached hydrogens (tertiary/aromatic N) is 3. The number of carboxylic acid groups (broad SMARTS) is 1. The van der Waals surface area contributed by atoms with E-state index in [1.807, 2.05) is 4.90 Å². The molecule has 1 aromatic rings. The molecule has 1 N–H and O–H groups in total. The van der Waals surface area contributed by atoms with Crippen molar-refractivity contribution < 1.29 is 14.7 Å². The minimum atomic E-state index is -0.955. The Kier molecular flexibility index (Phi) is 5.57. The quantitative estimate of drug-likeness (QED) is 0.876. The Morgan fingerprint density at radius 1 is 1.41 bits per heavy atom. The standard InChI is InChI=1S/C16H25N3O3/c1-3-4-12(2)9-15(20)18-7-5-14(6-8-18)19-11-13(10-17-19)16(21)22/h10-12,14H,3-9H2,1-2H3,(H,21,22). The Morgan fingerprint density at radius 2 is 2.09 bits per heavy atom. The normalized spacial score (nSPS) is 17.5. The number of carbonyl (C=O) groups excluding carboxylic acids is 1. The molecule has 0 radical (unpaired) electrons. The maximum atomic E-state index is 12.2. The fraction of sp³-hybridized carbons (Fsp3) is 0.688. The third-order valence-corrected chi connectivity index (χ3v) is 4.34. The fourth-order valence-corrected chi connectivity index (χ4v) is 3.05. The molecule has 0 aliphatic carbocycles. The summed E-state index contributed by atoms with van der Waals surface area (Å²) in [6.45, 7) is 5.72. The summed E-state index contributed by atoms with van der Waals surface area (Å²) in [6.07, 6.45) is 7.45. The molecule has 6 nitrogen and oxygen atoms in total. The van der Waals surface area contributed by atoms with E-state index < -0.39 is 5.97 Å². The molecule has 1 aliphatic heterocycles. The second kappa shape index (κ2) is 7.42. The van der Waals surface area contributed by atoms with E-state index >= 15 is 0 Å². The SMILES string of the molecule is CCCC(C)CC(=O)N1CCC(n2cc(C(=O)O)cn2)CC1. The molecule has 22 heavy (non-hydrogen) atoms. The Hall–Kier alpha value is -1.85. The number of hydrogen-bond acceptors (Lipinski definition) is 3. The van der Waals surface area contributed by atoms with Gasteiger partial charge in [-0.25, -0.2) is 4.79 Å². The predicted octanol–water partition coefficient (Wildman–Crippen LogP) is 2.57. The van der Waals surface area contributed by atoms with Crippen molar-refractivity contribution in [3.05, 3.63) is 18.0 Å². The van der Waals surface area contributed by atoms with Crippen LogP contribution in [-0.4, -0.2) is 44.8 Å². The smallest absolute Gasteiger partial charge is 0.338 e. The second-order valence-corrected chi connectivity index (χ2v) is 6.22. The molecular formula is C16H25N3O3. The second-order valence-electron chi connectivity index (χ2n) is 6.22. The van der Waals surface area contributed by atoms with Crippen LogP contribution in [0.2, 0.25) is 0 Å². The maximum Gasteiger partial charge on any atom is 0.338 e. The third-order valence-electron chi connectivity index (χ3n) is 4.34. The van der Waals surface area contributed by atoms with Gasteiger partial charge in [0.25, 0.3) is 0 Å². The van der Waals surface area contributed by atoms with Crippen molar-refractivity contribution in [2.75, 3.05) is 13.1 Å². The van der Waals surface area contributed by atoms with Crippen LogP contribution in [0.1, 0.15) is 62.4 Å². The van der Waals surface area contributed by atoms with Gasteiger partial charge in [-0.1, -0.05) is 26.7 Å². The van der Waals surface area contributed by atoms with Crippen molar-refractivity contribution in [1.29, 1.82) is 0 Å². The topological polar surface area (TPSA) is 75.4 Å². The summed E-state index contributed by atoms with van der Waals surface area (Å²) < 4.78 is 1.73. The summed E-state index contributed by atoms with van der Waals surface area (Å²) in [5.74, 6) is -0.269. The maximum absolute atomic E-state index is 12.2. The number of aromatic nitrogens is 2. The van der Waals surface area contributed by atoms with E-state index in [1.165, 1.54) is 6.20 Å². The van der Waals surface area contributed by atoms with E-state index in [9.17, 15) is 9.59 Å². The van der Waals surface area contributed by atoms with Gasteiger partial charge in [-0.3, -0.25) is 9.48 Å². The minimum absolute atomic E-state index is 0.185. The number of aromatic carboxylic acids is 1. The van der Waals surface area contributed by atoms with Gasteiger partial charge in [0.05, 0.1) is 17.8 Å². The Morgan fingerprint density at radius 3 is 2.64 bits per heavy atom. The largest absolute Gasteiger partial charge is 0.478 e. The van der Waals surface area contributed by atoms with Gasteiger partial charge in [0.15, 0.2) is 0 Å². The molecule has 1 unspecified atom stereocenters. The van der Waals surface area contributed by atoms with Gasteiger partial charge in [-0.15, -0.1) is 0 Å². The summed E-state index contributed by atoms with van der Waals surface area (Å²) in [4.78, 5) is 25.1. The van der Waals surface area contributed by atoms with Gasteiger partial charge < -0.3 is 10.0 Å². The van der Waals surface area contributed by atoms with Gasteiger partial charge in [-0.2, -0.15) is 5.10 Å². The van der Waals surface area contributed by atoms with E-state index in [0.717, 1.165) is 38.8 Å². The number of carbonyl (C=O) groups is 2. The zero-order valence-electron chi connectivity index (χ0n) is 13.4. The summed E-state index contributed by atoms with van der Waals surface area (Å²) in [6, 6.07) is 0.185. The highest BCUT2D eigenvalue weighted by Crippen LogP contribution is 2.23. The zero-order chi connectivity index (χ0) is 16.1. The predicted molar refractivity (Wildman–Crippen MR) is 82.7 cm³/mol. The molecule has 0 spiro atoms. The van der Waals surface area contributed by atoms with Crippen molar-refractivity contribution >= 4 is 11.9 Å². The molecule has 1 saturated heterocycles. The first-order valence-corrected chi connectivity index (χ1v) is 8.06. The van der Waals surface area contributed by atoms with Crippen molar-refractivity contribution in [3.8, 4) is 0 Å². The van der Waals surface area contributed by atoms with Crippen LogP contribution in [-0.2, 0) is 4.79 Å². The van der Waals surface area contributed by atoms with E-state index in [1.54, 1.807) is 10.9 Å². The summed E-state index contributed by atoms with van der Waals surface area (Å²) >= 11 is 0. The number of likely N-dealkylation sites (tertiary alicyclic amines) is 1. The summed E-state index contributed by atoms with van der Waals surface area (Å²) in [5, 5.41) is 13.1. The average molecular weight is 307 g/mol. The molecule has 1 aliphatic rings. The Bertz CT molecular complexity index is 518. The molecule has 2 rings (SSSR count). The summed E-state index contributed by atoms with van der Waals surface area (Å²) in [5.41, 5.74) is 0.215. The highest BCUT2D eigenvalue weighted by molar-refractivity contribution is 5.86. The molecular weight excluding hydrogens is 282 g/mol. The minimum Gasteiger partial charge on any atom is -0.478 e. The van der Waals surface area contributed by atoms with Crippen LogP contribution in [0.15, 0.2) is 12.4 Å². The molecule has 1 fully saturated rings. The van der Waals surface area contributed by atoms with Crippen LogP contribution < -0.4 is 0 Å². The van der Waals surface area contributed by atoms with Gasteiger partial charge >= 0.3 is 5.97 Å². The van der Waals surface area contributed by atoms with E-state index in [0.29, 0.717) is 12.3 Å². The third kappa shape index (κ3) is 4.08. The van der Waals surface area contributed by atoms with Gasteiger partial charge in [0.2, 0.25) is 5.91 Å². The van der Waals surface area contributed by atoms with E-state index in [-0.39, 0.29) is 17.5 Å². The number of hydrogen-bond donors (Lipinski definition) is 1. The van der Waals surface area contributed by atoms with Gasteiger partial charge in [0.1, 0.15) is 0 Å². The van der Waals surface area contributed by atoms with Crippen LogP contribution in [0.5, 0.6) is 0 Å². The molecule has 6 heteroatoms. The van der Waals surface area contributed by atoms with Crippen molar-refractivity contribution in [2.24, 2.45) is 5.92 Å². The highest BCUT2D eigenvalue weighted by Gasteiger charge is 2.25.